The van der Waals surface area contributed by atoms with Crippen LogP contribution in [0.2, 0.25) is 0 Å². The first-order chi connectivity index (χ1) is 7.33. The van der Waals surface area contributed by atoms with Crippen LogP contribution >= 0.6 is 0 Å². The second kappa shape index (κ2) is 4.18. The van der Waals surface area contributed by atoms with Crippen molar-refractivity contribution in [2.24, 2.45) is 5.92 Å². The number of hydrogen-bond donors (Lipinski definition) is 1. The van der Waals surface area contributed by atoms with Crippen molar-refractivity contribution < 1.29 is 4.79 Å². The molecule has 0 aromatic heterocycles. The summed E-state index contributed by atoms with van der Waals surface area (Å²) in [5.41, 5.74) is 1.25. The molecule has 0 radical (unpaired) electrons. The van der Waals surface area contributed by atoms with E-state index in [0.717, 1.165) is 6.42 Å². The second-order valence-electron chi connectivity index (χ2n) is 3.78. The fourth-order valence-corrected chi connectivity index (χ4v) is 1.82. The van der Waals surface area contributed by atoms with E-state index in [-0.39, 0.29) is 11.8 Å². The standard InChI is InChI=1S/C13H13NO/c1-2-8-14-13(15)12-9-11(12)10-6-4-3-5-7-10/h1,3-7,11-12H,8-9H2,(H,14,15). The maximum Gasteiger partial charge on any atom is 0.224 e. The summed E-state index contributed by atoms with van der Waals surface area (Å²) in [6, 6.07) is 10.1. The molecule has 1 fully saturated rings. The molecule has 1 aliphatic rings. The zero-order valence-electron chi connectivity index (χ0n) is 8.44. The highest BCUT2D eigenvalue weighted by Crippen LogP contribution is 2.47. The smallest absolute Gasteiger partial charge is 0.224 e. The molecule has 2 unspecified atom stereocenters. The van der Waals surface area contributed by atoms with Crippen LogP contribution in [0.5, 0.6) is 0 Å². The van der Waals surface area contributed by atoms with Crippen LogP contribution in [-0.4, -0.2) is 12.5 Å². The molecule has 0 bridgehead atoms. The Kier molecular flexibility index (Phi) is 2.73. The van der Waals surface area contributed by atoms with Gasteiger partial charge in [-0.25, -0.2) is 0 Å². The molecule has 2 heteroatoms. The predicted octanol–water partition coefficient (Wildman–Crippen LogP) is 1.54. The number of terminal acetylenes is 1. The summed E-state index contributed by atoms with van der Waals surface area (Å²) in [4.78, 5) is 11.5. The normalized spacial score (nSPS) is 22.9. The fraction of sp³-hybridized carbons (Fsp3) is 0.308. The Balaban J connectivity index is 1.91. The number of amides is 1. The van der Waals surface area contributed by atoms with Crippen molar-refractivity contribution in [1.29, 1.82) is 0 Å². The Hall–Kier alpha value is -1.75. The third-order valence-electron chi connectivity index (χ3n) is 2.72. The Labute approximate surface area is 89.7 Å². The lowest BCUT2D eigenvalue weighted by Gasteiger charge is -2.00. The van der Waals surface area contributed by atoms with Crippen LogP contribution in [0.15, 0.2) is 30.3 Å². The van der Waals surface area contributed by atoms with Crippen LogP contribution in [0.4, 0.5) is 0 Å². The molecule has 0 heterocycles. The van der Waals surface area contributed by atoms with Gasteiger partial charge in [0.05, 0.1) is 6.54 Å². The molecule has 76 valence electrons. The lowest BCUT2D eigenvalue weighted by atomic mass is 10.1. The summed E-state index contributed by atoms with van der Waals surface area (Å²) < 4.78 is 0. The van der Waals surface area contributed by atoms with Gasteiger partial charge < -0.3 is 5.32 Å². The molecular formula is C13H13NO. The van der Waals surface area contributed by atoms with E-state index < -0.39 is 0 Å². The van der Waals surface area contributed by atoms with Gasteiger partial charge in [0.1, 0.15) is 0 Å². The average molecular weight is 199 g/mol. The SMILES string of the molecule is C#CCNC(=O)C1CC1c1ccccc1. The maximum atomic E-state index is 11.5. The minimum Gasteiger partial charge on any atom is -0.345 e. The number of carbonyl (C=O) groups is 1. The van der Waals surface area contributed by atoms with E-state index >= 15 is 0 Å². The Morgan fingerprint density at radius 1 is 1.47 bits per heavy atom. The molecule has 0 spiro atoms. The molecule has 2 nitrogen and oxygen atoms in total. The Morgan fingerprint density at radius 3 is 2.87 bits per heavy atom. The lowest BCUT2D eigenvalue weighted by Crippen LogP contribution is -2.25. The van der Waals surface area contributed by atoms with E-state index in [9.17, 15) is 4.79 Å². The van der Waals surface area contributed by atoms with E-state index in [4.69, 9.17) is 6.42 Å². The molecule has 2 rings (SSSR count). The third-order valence-corrected chi connectivity index (χ3v) is 2.72. The van der Waals surface area contributed by atoms with Gasteiger partial charge in [0.15, 0.2) is 0 Å². The molecule has 0 aliphatic heterocycles. The van der Waals surface area contributed by atoms with Crippen LogP contribution in [0.3, 0.4) is 0 Å². The van der Waals surface area contributed by atoms with Crippen molar-refractivity contribution in [2.45, 2.75) is 12.3 Å². The molecule has 1 aromatic carbocycles. The fourth-order valence-electron chi connectivity index (χ4n) is 1.82. The predicted molar refractivity (Wildman–Crippen MR) is 59.1 cm³/mol. The van der Waals surface area contributed by atoms with E-state index in [1.54, 1.807) is 0 Å². The van der Waals surface area contributed by atoms with Gasteiger partial charge >= 0.3 is 0 Å². The maximum absolute atomic E-state index is 11.5. The molecule has 2 atom stereocenters. The van der Waals surface area contributed by atoms with Crippen LogP contribution in [0.25, 0.3) is 0 Å². The molecule has 1 amide bonds. The zero-order valence-corrected chi connectivity index (χ0v) is 8.44. The minimum absolute atomic E-state index is 0.0850. The molecular weight excluding hydrogens is 186 g/mol. The summed E-state index contributed by atoms with van der Waals surface area (Å²) >= 11 is 0. The van der Waals surface area contributed by atoms with Gasteiger partial charge in [-0.1, -0.05) is 36.3 Å². The highest BCUT2D eigenvalue weighted by molar-refractivity contribution is 5.83. The number of rotatable bonds is 3. The van der Waals surface area contributed by atoms with Gasteiger partial charge in [0, 0.05) is 5.92 Å². The Morgan fingerprint density at radius 2 is 2.20 bits per heavy atom. The van der Waals surface area contributed by atoms with Gasteiger partial charge in [-0.15, -0.1) is 6.42 Å². The van der Waals surface area contributed by atoms with Crippen LogP contribution < -0.4 is 5.32 Å². The number of nitrogens with one attached hydrogen (secondary N) is 1. The van der Waals surface area contributed by atoms with E-state index in [1.165, 1.54) is 5.56 Å². The van der Waals surface area contributed by atoms with Gasteiger partial charge in [0.2, 0.25) is 5.91 Å². The molecule has 1 aromatic rings. The monoisotopic (exact) mass is 199 g/mol. The summed E-state index contributed by atoms with van der Waals surface area (Å²) in [5.74, 6) is 3.01. The van der Waals surface area contributed by atoms with Gasteiger partial charge in [-0.05, 0) is 17.9 Å². The highest BCUT2D eigenvalue weighted by atomic mass is 16.2. The quantitative estimate of drug-likeness (QED) is 0.735. The summed E-state index contributed by atoms with van der Waals surface area (Å²) in [5, 5.41) is 2.72. The van der Waals surface area contributed by atoms with Crippen molar-refractivity contribution >= 4 is 5.91 Å². The first-order valence-corrected chi connectivity index (χ1v) is 5.09. The largest absolute Gasteiger partial charge is 0.345 e. The number of carbonyl (C=O) groups excluding carboxylic acids is 1. The lowest BCUT2D eigenvalue weighted by molar-refractivity contribution is -0.122. The van der Waals surface area contributed by atoms with Crippen molar-refractivity contribution in [3.05, 3.63) is 35.9 Å². The first-order valence-electron chi connectivity index (χ1n) is 5.09. The van der Waals surface area contributed by atoms with Crippen LogP contribution in [0.1, 0.15) is 17.9 Å². The molecule has 15 heavy (non-hydrogen) atoms. The summed E-state index contributed by atoms with van der Waals surface area (Å²) in [6.07, 6.45) is 6.02. The van der Waals surface area contributed by atoms with Crippen molar-refractivity contribution in [1.82, 2.24) is 5.32 Å². The van der Waals surface area contributed by atoms with E-state index in [1.807, 2.05) is 18.2 Å². The molecule has 0 saturated heterocycles. The second-order valence-corrected chi connectivity index (χ2v) is 3.78. The highest BCUT2D eigenvalue weighted by Gasteiger charge is 2.43. The van der Waals surface area contributed by atoms with E-state index in [0.29, 0.717) is 12.5 Å². The minimum atomic E-state index is 0.0850. The first kappa shape index (κ1) is 9.79. The molecule has 1 saturated carbocycles. The summed E-state index contributed by atoms with van der Waals surface area (Å²) in [6.45, 7) is 0.330. The van der Waals surface area contributed by atoms with Crippen molar-refractivity contribution in [3.8, 4) is 12.3 Å². The summed E-state index contributed by atoms with van der Waals surface area (Å²) in [7, 11) is 0. The third kappa shape index (κ3) is 2.19. The van der Waals surface area contributed by atoms with Crippen LogP contribution in [-0.2, 0) is 4.79 Å². The number of benzene rings is 1. The zero-order chi connectivity index (χ0) is 10.7. The topological polar surface area (TPSA) is 29.1 Å². The van der Waals surface area contributed by atoms with Crippen molar-refractivity contribution in [3.63, 3.8) is 0 Å². The van der Waals surface area contributed by atoms with Crippen molar-refractivity contribution in [2.75, 3.05) is 6.54 Å². The van der Waals surface area contributed by atoms with Gasteiger partial charge in [-0.2, -0.15) is 0 Å². The van der Waals surface area contributed by atoms with Crippen LogP contribution in [0, 0.1) is 18.3 Å². The Bertz CT molecular complexity index is 391. The van der Waals surface area contributed by atoms with E-state index in [2.05, 4.69) is 23.4 Å². The number of hydrogen-bond acceptors (Lipinski definition) is 1. The van der Waals surface area contributed by atoms with Gasteiger partial charge in [-0.3, -0.25) is 4.79 Å². The molecule has 1 N–H and O–H groups in total. The van der Waals surface area contributed by atoms with Gasteiger partial charge in [0.25, 0.3) is 0 Å². The average Bonchev–Trinajstić information content (AvgIpc) is 3.07. The molecule has 1 aliphatic carbocycles.